The van der Waals surface area contributed by atoms with Gasteiger partial charge in [0.15, 0.2) is 11.5 Å². The summed E-state index contributed by atoms with van der Waals surface area (Å²) in [6.07, 6.45) is 0. The molecule has 0 spiro atoms. The summed E-state index contributed by atoms with van der Waals surface area (Å²) in [7, 11) is 4.56. The normalized spacial score (nSPS) is 11.6. The maximum absolute atomic E-state index is 12.8. The summed E-state index contributed by atoms with van der Waals surface area (Å²) >= 11 is 0. The molecule has 0 fully saturated rings. The van der Waals surface area contributed by atoms with Gasteiger partial charge in [-0.25, -0.2) is 0 Å². The standard InChI is InChI=1S/C21H28N2O4/c1-14(2)17(23-15-9-7-6-8-10-15)13-22-21(24)16-11-12-18(25-3)20(27-5)19(16)26-4/h6-12,14,17,23H,13H2,1-5H3,(H,22,24). The summed E-state index contributed by atoms with van der Waals surface area (Å²) in [4.78, 5) is 12.8. The van der Waals surface area contributed by atoms with Gasteiger partial charge >= 0.3 is 0 Å². The van der Waals surface area contributed by atoms with E-state index in [4.69, 9.17) is 14.2 Å². The maximum Gasteiger partial charge on any atom is 0.255 e. The van der Waals surface area contributed by atoms with E-state index in [0.717, 1.165) is 5.69 Å². The van der Waals surface area contributed by atoms with Crippen molar-refractivity contribution >= 4 is 11.6 Å². The van der Waals surface area contributed by atoms with Gasteiger partial charge in [0.05, 0.1) is 26.9 Å². The number of amides is 1. The summed E-state index contributed by atoms with van der Waals surface area (Å²) in [6.45, 7) is 4.70. The van der Waals surface area contributed by atoms with Crippen LogP contribution in [0.3, 0.4) is 0 Å². The number of para-hydroxylation sites is 1. The third-order valence-electron chi connectivity index (χ3n) is 4.36. The highest BCUT2D eigenvalue weighted by Gasteiger charge is 2.22. The number of carbonyl (C=O) groups is 1. The van der Waals surface area contributed by atoms with Gasteiger partial charge in [-0.3, -0.25) is 4.79 Å². The Bertz CT molecular complexity index is 747. The van der Waals surface area contributed by atoms with Crippen LogP contribution in [0.15, 0.2) is 42.5 Å². The molecule has 2 N–H and O–H groups in total. The fourth-order valence-corrected chi connectivity index (χ4v) is 2.78. The molecule has 0 aromatic heterocycles. The third kappa shape index (κ3) is 5.06. The molecule has 2 aromatic rings. The van der Waals surface area contributed by atoms with E-state index in [1.54, 1.807) is 19.2 Å². The highest BCUT2D eigenvalue weighted by molar-refractivity contribution is 5.98. The summed E-state index contributed by atoms with van der Waals surface area (Å²) < 4.78 is 16.0. The van der Waals surface area contributed by atoms with E-state index in [0.29, 0.717) is 35.3 Å². The minimum atomic E-state index is -0.228. The van der Waals surface area contributed by atoms with Crippen LogP contribution in [0.2, 0.25) is 0 Å². The first-order valence-corrected chi connectivity index (χ1v) is 8.90. The molecule has 1 amide bonds. The Hall–Kier alpha value is -2.89. The first-order chi connectivity index (χ1) is 13.0. The Morgan fingerprint density at radius 1 is 0.926 bits per heavy atom. The number of hydrogen-bond acceptors (Lipinski definition) is 5. The van der Waals surface area contributed by atoms with E-state index in [-0.39, 0.29) is 11.9 Å². The molecular formula is C21H28N2O4. The lowest BCUT2D eigenvalue weighted by atomic mass is 10.0. The van der Waals surface area contributed by atoms with E-state index in [2.05, 4.69) is 24.5 Å². The fraction of sp³-hybridized carbons (Fsp3) is 0.381. The predicted molar refractivity (Wildman–Crippen MR) is 107 cm³/mol. The van der Waals surface area contributed by atoms with E-state index in [1.165, 1.54) is 14.2 Å². The van der Waals surface area contributed by atoms with Crippen LogP contribution in [0, 0.1) is 5.92 Å². The molecule has 2 rings (SSSR count). The molecule has 0 bridgehead atoms. The number of rotatable bonds is 9. The molecule has 0 radical (unpaired) electrons. The van der Waals surface area contributed by atoms with E-state index in [9.17, 15) is 4.79 Å². The number of hydrogen-bond donors (Lipinski definition) is 2. The number of ether oxygens (including phenoxy) is 3. The topological polar surface area (TPSA) is 68.8 Å². The van der Waals surface area contributed by atoms with Crippen molar-refractivity contribution in [1.82, 2.24) is 5.32 Å². The Morgan fingerprint density at radius 3 is 2.15 bits per heavy atom. The van der Waals surface area contributed by atoms with Crippen LogP contribution in [-0.2, 0) is 0 Å². The van der Waals surface area contributed by atoms with Crippen molar-refractivity contribution < 1.29 is 19.0 Å². The molecule has 0 heterocycles. The molecule has 0 saturated heterocycles. The molecule has 1 atom stereocenters. The van der Waals surface area contributed by atoms with Gasteiger partial charge in [0.25, 0.3) is 5.91 Å². The molecule has 0 saturated carbocycles. The van der Waals surface area contributed by atoms with Gasteiger partial charge in [-0.15, -0.1) is 0 Å². The lowest BCUT2D eigenvalue weighted by Crippen LogP contribution is -2.39. The molecule has 1 unspecified atom stereocenters. The summed E-state index contributed by atoms with van der Waals surface area (Å²) in [5.41, 5.74) is 1.42. The van der Waals surface area contributed by atoms with Crippen LogP contribution < -0.4 is 24.8 Å². The molecule has 0 aliphatic rings. The van der Waals surface area contributed by atoms with Gasteiger partial charge < -0.3 is 24.8 Å². The van der Waals surface area contributed by atoms with Crippen LogP contribution >= 0.6 is 0 Å². The molecular weight excluding hydrogens is 344 g/mol. The molecule has 146 valence electrons. The van der Waals surface area contributed by atoms with Gasteiger partial charge in [-0.2, -0.15) is 0 Å². The van der Waals surface area contributed by atoms with Gasteiger partial charge in [0, 0.05) is 18.3 Å². The van der Waals surface area contributed by atoms with Crippen LogP contribution in [-0.4, -0.2) is 39.8 Å². The average molecular weight is 372 g/mol. The van der Waals surface area contributed by atoms with E-state index in [1.807, 2.05) is 30.3 Å². The third-order valence-corrected chi connectivity index (χ3v) is 4.36. The Balaban J connectivity index is 2.13. The van der Waals surface area contributed by atoms with Crippen molar-refractivity contribution in [2.45, 2.75) is 19.9 Å². The van der Waals surface area contributed by atoms with Crippen molar-refractivity contribution in [1.29, 1.82) is 0 Å². The predicted octanol–water partition coefficient (Wildman–Crippen LogP) is 3.58. The number of nitrogens with one attached hydrogen (secondary N) is 2. The highest BCUT2D eigenvalue weighted by atomic mass is 16.5. The Labute approximate surface area is 160 Å². The SMILES string of the molecule is COc1ccc(C(=O)NCC(Nc2ccccc2)C(C)C)c(OC)c1OC. The van der Waals surface area contributed by atoms with Crippen molar-refractivity contribution in [2.75, 3.05) is 33.2 Å². The second kappa shape index (κ2) is 9.71. The van der Waals surface area contributed by atoms with Crippen molar-refractivity contribution in [3.8, 4) is 17.2 Å². The van der Waals surface area contributed by atoms with Crippen molar-refractivity contribution in [3.63, 3.8) is 0 Å². The summed E-state index contributed by atoms with van der Waals surface area (Å²) in [5.74, 6) is 1.37. The minimum Gasteiger partial charge on any atom is -0.493 e. The molecule has 2 aromatic carbocycles. The summed E-state index contributed by atoms with van der Waals surface area (Å²) in [6, 6.07) is 13.4. The molecule has 6 heteroatoms. The van der Waals surface area contributed by atoms with Gasteiger partial charge in [0.1, 0.15) is 0 Å². The lowest BCUT2D eigenvalue weighted by Gasteiger charge is -2.24. The monoisotopic (exact) mass is 372 g/mol. The van der Waals surface area contributed by atoms with Crippen LogP contribution in [0.1, 0.15) is 24.2 Å². The number of methoxy groups -OCH3 is 3. The quantitative estimate of drug-likeness (QED) is 0.704. The second-order valence-corrected chi connectivity index (χ2v) is 6.45. The molecule has 6 nitrogen and oxygen atoms in total. The highest BCUT2D eigenvalue weighted by Crippen LogP contribution is 2.39. The average Bonchev–Trinajstić information content (AvgIpc) is 2.69. The number of benzene rings is 2. The zero-order valence-corrected chi connectivity index (χ0v) is 16.5. The number of anilines is 1. The van der Waals surface area contributed by atoms with E-state index < -0.39 is 0 Å². The van der Waals surface area contributed by atoms with Gasteiger partial charge in [-0.1, -0.05) is 32.0 Å². The summed E-state index contributed by atoms with van der Waals surface area (Å²) in [5, 5.41) is 6.45. The molecule has 0 aliphatic heterocycles. The Morgan fingerprint density at radius 2 is 1.59 bits per heavy atom. The smallest absolute Gasteiger partial charge is 0.255 e. The largest absolute Gasteiger partial charge is 0.493 e. The fourth-order valence-electron chi connectivity index (χ4n) is 2.78. The maximum atomic E-state index is 12.8. The molecule has 27 heavy (non-hydrogen) atoms. The van der Waals surface area contributed by atoms with E-state index >= 15 is 0 Å². The van der Waals surface area contributed by atoms with Crippen molar-refractivity contribution in [2.24, 2.45) is 5.92 Å². The number of carbonyl (C=O) groups excluding carboxylic acids is 1. The molecule has 0 aliphatic carbocycles. The van der Waals surface area contributed by atoms with Crippen LogP contribution in [0.4, 0.5) is 5.69 Å². The van der Waals surface area contributed by atoms with Crippen LogP contribution in [0.5, 0.6) is 17.2 Å². The van der Waals surface area contributed by atoms with Crippen molar-refractivity contribution in [3.05, 3.63) is 48.0 Å². The zero-order chi connectivity index (χ0) is 19.8. The Kier molecular flexibility index (Phi) is 7.34. The first-order valence-electron chi connectivity index (χ1n) is 8.90. The van der Waals surface area contributed by atoms with Gasteiger partial charge in [0.2, 0.25) is 5.75 Å². The van der Waals surface area contributed by atoms with Gasteiger partial charge in [-0.05, 0) is 30.2 Å². The zero-order valence-electron chi connectivity index (χ0n) is 16.5. The lowest BCUT2D eigenvalue weighted by molar-refractivity contribution is 0.0946. The second-order valence-electron chi connectivity index (χ2n) is 6.45. The minimum absolute atomic E-state index is 0.0856. The first kappa shape index (κ1) is 20.4. The van der Waals surface area contributed by atoms with Crippen LogP contribution in [0.25, 0.3) is 0 Å².